The van der Waals surface area contributed by atoms with Crippen molar-refractivity contribution in [2.24, 2.45) is 0 Å². The SMILES string of the molecule is CCOC(=O)CCCCCOCc1ccccn1. The fraction of sp³-hybridized carbons (Fsp3) is 0.571. The summed E-state index contributed by atoms with van der Waals surface area (Å²) in [5.41, 5.74) is 0.948. The first-order chi connectivity index (χ1) is 8.83. The number of carbonyl (C=O) groups excluding carboxylic acids is 1. The van der Waals surface area contributed by atoms with E-state index in [2.05, 4.69) is 4.98 Å². The molecule has 4 nitrogen and oxygen atoms in total. The number of aromatic nitrogens is 1. The molecule has 0 bridgehead atoms. The zero-order valence-corrected chi connectivity index (χ0v) is 10.9. The zero-order chi connectivity index (χ0) is 13.1. The summed E-state index contributed by atoms with van der Waals surface area (Å²) >= 11 is 0. The third kappa shape index (κ3) is 7.01. The van der Waals surface area contributed by atoms with Gasteiger partial charge in [0, 0.05) is 19.2 Å². The van der Waals surface area contributed by atoms with E-state index in [4.69, 9.17) is 9.47 Å². The van der Waals surface area contributed by atoms with Crippen LogP contribution in [0.3, 0.4) is 0 Å². The normalized spacial score (nSPS) is 10.3. The van der Waals surface area contributed by atoms with Crippen LogP contribution in [0.4, 0.5) is 0 Å². The molecule has 0 aliphatic carbocycles. The first kappa shape index (κ1) is 14.6. The number of ether oxygens (including phenoxy) is 2. The van der Waals surface area contributed by atoms with Crippen molar-refractivity contribution < 1.29 is 14.3 Å². The smallest absolute Gasteiger partial charge is 0.305 e. The molecule has 0 saturated heterocycles. The van der Waals surface area contributed by atoms with Gasteiger partial charge in [-0.15, -0.1) is 0 Å². The van der Waals surface area contributed by atoms with Gasteiger partial charge < -0.3 is 9.47 Å². The van der Waals surface area contributed by atoms with E-state index < -0.39 is 0 Å². The van der Waals surface area contributed by atoms with E-state index in [1.54, 1.807) is 6.20 Å². The van der Waals surface area contributed by atoms with Crippen molar-refractivity contribution in [3.63, 3.8) is 0 Å². The molecule has 1 aromatic rings. The topological polar surface area (TPSA) is 48.4 Å². The summed E-state index contributed by atoms with van der Waals surface area (Å²) in [6.07, 6.45) is 5.09. The van der Waals surface area contributed by atoms with Gasteiger partial charge in [0.25, 0.3) is 0 Å². The Labute approximate surface area is 108 Å². The second kappa shape index (κ2) is 9.59. The Morgan fingerprint density at radius 1 is 1.28 bits per heavy atom. The molecule has 18 heavy (non-hydrogen) atoms. The van der Waals surface area contributed by atoms with E-state index in [1.165, 1.54) is 0 Å². The van der Waals surface area contributed by atoms with Crippen LogP contribution in [0.15, 0.2) is 24.4 Å². The molecule has 0 amide bonds. The summed E-state index contributed by atoms with van der Waals surface area (Å²) in [6.45, 7) is 3.55. The average molecular weight is 251 g/mol. The molecule has 0 unspecified atom stereocenters. The van der Waals surface area contributed by atoms with Crippen molar-refractivity contribution in [2.45, 2.75) is 39.2 Å². The van der Waals surface area contributed by atoms with Gasteiger partial charge >= 0.3 is 5.97 Å². The predicted octanol–water partition coefficient (Wildman–Crippen LogP) is 2.72. The molecule has 0 atom stereocenters. The molecule has 100 valence electrons. The molecular formula is C14H21NO3. The highest BCUT2D eigenvalue weighted by molar-refractivity contribution is 5.69. The first-order valence-corrected chi connectivity index (χ1v) is 6.46. The molecule has 1 aromatic heterocycles. The Bertz CT molecular complexity index is 327. The van der Waals surface area contributed by atoms with Gasteiger partial charge in [-0.2, -0.15) is 0 Å². The number of carbonyl (C=O) groups is 1. The van der Waals surface area contributed by atoms with Crippen LogP contribution in [0.5, 0.6) is 0 Å². The Kier molecular flexibility index (Phi) is 7.80. The zero-order valence-electron chi connectivity index (χ0n) is 10.9. The van der Waals surface area contributed by atoms with Crippen molar-refractivity contribution in [1.29, 1.82) is 0 Å². The summed E-state index contributed by atoms with van der Waals surface area (Å²) < 4.78 is 10.3. The number of unbranched alkanes of at least 4 members (excludes halogenated alkanes) is 2. The highest BCUT2D eigenvalue weighted by Crippen LogP contribution is 2.03. The van der Waals surface area contributed by atoms with E-state index in [0.717, 1.165) is 25.0 Å². The van der Waals surface area contributed by atoms with Gasteiger partial charge in [-0.05, 0) is 31.9 Å². The Morgan fingerprint density at radius 3 is 2.89 bits per heavy atom. The minimum Gasteiger partial charge on any atom is -0.466 e. The van der Waals surface area contributed by atoms with Crippen molar-refractivity contribution >= 4 is 5.97 Å². The lowest BCUT2D eigenvalue weighted by atomic mass is 10.2. The van der Waals surface area contributed by atoms with Crippen molar-refractivity contribution in [2.75, 3.05) is 13.2 Å². The minimum atomic E-state index is -0.105. The second-order valence-corrected chi connectivity index (χ2v) is 3.99. The molecule has 0 aliphatic rings. The van der Waals surface area contributed by atoms with Crippen LogP contribution in [-0.4, -0.2) is 24.2 Å². The molecule has 0 aliphatic heterocycles. The van der Waals surface area contributed by atoms with Gasteiger partial charge in [0.1, 0.15) is 0 Å². The summed E-state index contributed by atoms with van der Waals surface area (Å²) in [5, 5.41) is 0. The molecule has 0 saturated carbocycles. The first-order valence-electron chi connectivity index (χ1n) is 6.46. The Hall–Kier alpha value is -1.42. The molecule has 0 spiro atoms. The minimum absolute atomic E-state index is 0.105. The molecule has 1 rings (SSSR count). The molecule has 0 N–H and O–H groups in total. The van der Waals surface area contributed by atoms with E-state index in [-0.39, 0.29) is 5.97 Å². The monoisotopic (exact) mass is 251 g/mol. The standard InChI is InChI=1S/C14H21NO3/c1-2-18-14(16)9-4-3-7-11-17-12-13-8-5-6-10-15-13/h5-6,8,10H,2-4,7,9,11-12H2,1H3. The van der Waals surface area contributed by atoms with E-state index in [9.17, 15) is 4.79 Å². The molecule has 0 fully saturated rings. The predicted molar refractivity (Wildman–Crippen MR) is 69.0 cm³/mol. The molecule has 1 heterocycles. The number of hydrogen-bond acceptors (Lipinski definition) is 4. The summed E-state index contributed by atoms with van der Waals surface area (Å²) in [7, 11) is 0. The summed E-state index contributed by atoms with van der Waals surface area (Å²) in [5.74, 6) is -0.105. The molecular weight excluding hydrogens is 230 g/mol. The Balaban J connectivity index is 1.92. The van der Waals surface area contributed by atoms with Gasteiger partial charge in [0.05, 0.1) is 18.9 Å². The molecule has 0 aromatic carbocycles. The van der Waals surface area contributed by atoms with E-state index >= 15 is 0 Å². The van der Waals surface area contributed by atoms with Gasteiger partial charge in [-0.3, -0.25) is 9.78 Å². The van der Waals surface area contributed by atoms with Gasteiger partial charge in [0.2, 0.25) is 0 Å². The van der Waals surface area contributed by atoms with Crippen LogP contribution in [0.1, 0.15) is 38.3 Å². The highest BCUT2D eigenvalue weighted by atomic mass is 16.5. The quantitative estimate of drug-likeness (QED) is 0.500. The fourth-order valence-electron chi connectivity index (χ4n) is 1.54. The number of hydrogen-bond donors (Lipinski definition) is 0. The van der Waals surface area contributed by atoms with Crippen LogP contribution < -0.4 is 0 Å². The highest BCUT2D eigenvalue weighted by Gasteiger charge is 2.00. The summed E-state index contributed by atoms with van der Waals surface area (Å²) in [4.78, 5) is 15.2. The van der Waals surface area contributed by atoms with E-state index in [1.807, 2.05) is 25.1 Å². The number of nitrogens with zero attached hydrogens (tertiary/aromatic N) is 1. The van der Waals surface area contributed by atoms with Crippen molar-refractivity contribution in [3.05, 3.63) is 30.1 Å². The maximum Gasteiger partial charge on any atom is 0.305 e. The fourth-order valence-corrected chi connectivity index (χ4v) is 1.54. The lowest BCUT2D eigenvalue weighted by molar-refractivity contribution is -0.143. The maximum absolute atomic E-state index is 11.1. The van der Waals surface area contributed by atoms with Crippen molar-refractivity contribution in [3.8, 4) is 0 Å². The van der Waals surface area contributed by atoms with Crippen LogP contribution in [0, 0.1) is 0 Å². The van der Waals surface area contributed by atoms with Gasteiger partial charge in [-0.1, -0.05) is 12.5 Å². The van der Waals surface area contributed by atoms with Crippen molar-refractivity contribution in [1.82, 2.24) is 4.98 Å². The third-order valence-corrected chi connectivity index (χ3v) is 2.45. The van der Waals surface area contributed by atoms with Crippen LogP contribution in [-0.2, 0) is 20.9 Å². The lowest BCUT2D eigenvalue weighted by Gasteiger charge is -2.04. The van der Waals surface area contributed by atoms with Gasteiger partial charge in [0.15, 0.2) is 0 Å². The molecule has 4 heteroatoms. The van der Waals surface area contributed by atoms with Crippen LogP contribution in [0.25, 0.3) is 0 Å². The molecule has 0 radical (unpaired) electrons. The number of pyridine rings is 1. The average Bonchev–Trinajstić information content (AvgIpc) is 2.39. The van der Waals surface area contributed by atoms with Crippen LogP contribution in [0.2, 0.25) is 0 Å². The Morgan fingerprint density at radius 2 is 2.17 bits per heavy atom. The van der Waals surface area contributed by atoms with E-state index in [0.29, 0.717) is 26.2 Å². The maximum atomic E-state index is 11.1. The van der Waals surface area contributed by atoms with Gasteiger partial charge in [-0.25, -0.2) is 0 Å². The number of rotatable bonds is 9. The van der Waals surface area contributed by atoms with Crippen LogP contribution >= 0.6 is 0 Å². The second-order valence-electron chi connectivity index (χ2n) is 3.99. The lowest BCUT2D eigenvalue weighted by Crippen LogP contribution is -2.03. The largest absolute Gasteiger partial charge is 0.466 e. The summed E-state index contributed by atoms with van der Waals surface area (Å²) in [6, 6.07) is 5.78. The third-order valence-electron chi connectivity index (χ3n) is 2.45. The number of esters is 1.